The molecule has 8 nitrogen and oxygen atoms in total. The molecule has 0 aliphatic carbocycles. The summed E-state index contributed by atoms with van der Waals surface area (Å²) < 4.78 is 12.5. The van der Waals surface area contributed by atoms with E-state index in [4.69, 9.17) is 15.2 Å². The van der Waals surface area contributed by atoms with Gasteiger partial charge in [0.1, 0.15) is 24.2 Å². The maximum absolute atomic E-state index is 9.92. The minimum Gasteiger partial charge on any atom is -0.390 e. The molecule has 3 atom stereocenters. The lowest BCUT2D eigenvalue weighted by molar-refractivity contribution is -0.0523. The molecule has 3 N–H and O–H groups in total. The van der Waals surface area contributed by atoms with Crippen LogP contribution in [0, 0.1) is 0 Å². The van der Waals surface area contributed by atoms with E-state index >= 15 is 0 Å². The minimum absolute atomic E-state index is 0.325. The second-order valence-corrected chi connectivity index (χ2v) is 4.47. The molecular weight excluding hydrogens is 250 g/mol. The van der Waals surface area contributed by atoms with E-state index in [-0.39, 0.29) is 12.3 Å². The Bertz CT molecular complexity index is 587. The first kappa shape index (κ1) is 12.3. The Balaban J connectivity index is 1.91. The van der Waals surface area contributed by atoms with Gasteiger partial charge < -0.3 is 20.3 Å². The third kappa shape index (κ3) is 2.03. The summed E-state index contributed by atoms with van der Waals surface area (Å²) in [6, 6.07) is 0. The van der Waals surface area contributed by atoms with Gasteiger partial charge in [0.25, 0.3) is 0 Å². The molecule has 2 aromatic rings. The predicted octanol–water partition coefficient (Wildman–Crippen LogP) is -0.297. The standard InChI is InChI=1S/C11H15N5O3/c1-18-3-7-6(17)2-8(19-7)16-5-15-9-10(12)13-4-14-11(9)16/h4-8,17H,2-3H2,1H3,(H2,12,13,14)/t6?,7-,8-/m1/s1. The van der Waals surface area contributed by atoms with Gasteiger partial charge in [-0.3, -0.25) is 4.57 Å². The highest BCUT2D eigenvalue weighted by atomic mass is 16.6. The molecule has 8 heteroatoms. The number of aliphatic hydroxyl groups excluding tert-OH is 1. The average Bonchev–Trinajstić information content (AvgIpc) is 2.95. The number of nitrogen functional groups attached to an aromatic ring is 1. The fourth-order valence-electron chi connectivity index (χ4n) is 2.28. The zero-order valence-corrected chi connectivity index (χ0v) is 10.4. The lowest BCUT2D eigenvalue weighted by atomic mass is 10.2. The molecule has 1 saturated heterocycles. The van der Waals surface area contributed by atoms with Crippen LogP contribution >= 0.6 is 0 Å². The van der Waals surface area contributed by atoms with Crippen LogP contribution in [0.15, 0.2) is 12.7 Å². The van der Waals surface area contributed by atoms with Gasteiger partial charge in [-0.2, -0.15) is 0 Å². The third-order valence-electron chi connectivity index (χ3n) is 3.23. The topological polar surface area (TPSA) is 108 Å². The summed E-state index contributed by atoms with van der Waals surface area (Å²) in [5.41, 5.74) is 6.87. The monoisotopic (exact) mass is 265 g/mol. The summed E-state index contributed by atoms with van der Waals surface area (Å²) in [4.78, 5) is 12.2. The summed E-state index contributed by atoms with van der Waals surface area (Å²) in [6.45, 7) is 0.349. The van der Waals surface area contributed by atoms with Gasteiger partial charge >= 0.3 is 0 Å². The molecule has 0 saturated carbocycles. The molecule has 3 heterocycles. The van der Waals surface area contributed by atoms with Crippen LogP contribution in [0.5, 0.6) is 0 Å². The largest absolute Gasteiger partial charge is 0.390 e. The Labute approximate surface area is 109 Å². The summed E-state index contributed by atoms with van der Waals surface area (Å²) in [5.74, 6) is 0.329. The maximum atomic E-state index is 9.92. The van der Waals surface area contributed by atoms with Gasteiger partial charge in [-0.15, -0.1) is 0 Å². The van der Waals surface area contributed by atoms with Crippen molar-refractivity contribution >= 4 is 17.0 Å². The summed E-state index contributed by atoms with van der Waals surface area (Å²) >= 11 is 0. The van der Waals surface area contributed by atoms with Crippen molar-refractivity contribution in [2.24, 2.45) is 0 Å². The van der Waals surface area contributed by atoms with Gasteiger partial charge in [-0.25, -0.2) is 15.0 Å². The smallest absolute Gasteiger partial charge is 0.167 e. The number of rotatable bonds is 3. The predicted molar refractivity (Wildman–Crippen MR) is 66.1 cm³/mol. The number of hydrogen-bond acceptors (Lipinski definition) is 7. The van der Waals surface area contributed by atoms with Crippen LogP contribution in [0.25, 0.3) is 11.2 Å². The fourth-order valence-corrected chi connectivity index (χ4v) is 2.28. The van der Waals surface area contributed by atoms with E-state index in [0.29, 0.717) is 30.0 Å². The van der Waals surface area contributed by atoms with Crippen molar-refractivity contribution in [3.63, 3.8) is 0 Å². The Morgan fingerprint density at radius 1 is 1.53 bits per heavy atom. The molecule has 1 fully saturated rings. The minimum atomic E-state index is -0.568. The highest BCUT2D eigenvalue weighted by Crippen LogP contribution is 2.31. The molecule has 102 valence electrons. The second kappa shape index (κ2) is 4.72. The molecule has 0 amide bonds. The number of aromatic nitrogens is 4. The van der Waals surface area contributed by atoms with Crippen LogP contribution in [0.3, 0.4) is 0 Å². The first-order chi connectivity index (χ1) is 9.20. The summed E-state index contributed by atoms with van der Waals surface area (Å²) in [7, 11) is 1.57. The highest BCUT2D eigenvalue weighted by molar-refractivity contribution is 5.81. The average molecular weight is 265 g/mol. The molecule has 1 unspecified atom stereocenters. The van der Waals surface area contributed by atoms with Gasteiger partial charge in [0.15, 0.2) is 11.5 Å². The summed E-state index contributed by atoms with van der Waals surface area (Å²) in [6.07, 6.45) is 2.21. The number of anilines is 1. The lowest BCUT2D eigenvalue weighted by Crippen LogP contribution is -2.25. The summed E-state index contributed by atoms with van der Waals surface area (Å²) in [5, 5.41) is 9.92. The van der Waals surface area contributed by atoms with E-state index in [1.165, 1.54) is 6.33 Å². The normalized spacial score (nSPS) is 27.2. The first-order valence-corrected chi connectivity index (χ1v) is 5.96. The molecule has 1 aliphatic rings. The van der Waals surface area contributed by atoms with E-state index in [1.807, 2.05) is 0 Å². The number of aliphatic hydroxyl groups is 1. The molecule has 0 radical (unpaired) electrons. The van der Waals surface area contributed by atoms with Crippen molar-refractivity contribution in [3.05, 3.63) is 12.7 Å². The lowest BCUT2D eigenvalue weighted by Gasteiger charge is -2.14. The molecular formula is C11H15N5O3. The fraction of sp³-hybridized carbons (Fsp3) is 0.545. The highest BCUT2D eigenvalue weighted by Gasteiger charge is 2.35. The van der Waals surface area contributed by atoms with Crippen molar-refractivity contribution in [2.75, 3.05) is 19.5 Å². The molecule has 19 heavy (non-hydrogen) atoms. The van der Waals surface area contributed by atoms with Gasteiger partial charge in [0.2, 0.25) is 0 Å². The van der Waals surface area contributed by atoms with E-state index in [2.05, 4.69) is 15.0 Å². The number of methoxy groups -OCH3 is 1. The van der Waals surface area contributed by atoms with Crippen molar-refractivity contribution < 1.29 is 14.6 Å². The van der Waals surface area contributed by atoms with E-state index in [9.17, 15) is 5.11 Å². The van der Waals surface area contributed by atoms with Crippen molar-refractivity contribution in [2.45, 2.75) is 24.9 Å². The SMILES string of the molecule is COC[C@H]1O[C@@H](n2cnc3c(N)ncnc32)CC1O. The van der Waals surface area contributed by atoms with Crippen molar-refractivity contribution in [1.29, 1.82) is 0 Å². The van der Waals surface area contributed by atoms with Crippen molar-refractivity contribution in [3.8, 4) is 0 Å². The van der Waals surface area contributed by atoms with Crippen LogP contribution in [-0.2, 0) is 9.47 Å². The molecule has 0 bridgehead atoms. The van der Waals surface area contributed by atoms with Crippen molar-refractivity contribution in [1.82, 2.24) is 19.5 Å². The number of ether oxygens (including phenoxy) is 2. The molecule has 0 spiro atoms. The van der Waals surface area contributed by atoms with Gasteiger partial charge in [-0.05, 0) is 0 Å². The van der Waals surface area contributed by atoms with Crippen LogP contribution in [0.1, 0.15) is 12.6 Å². The first-order valence-electron chi connectivity index (χ1n) is 5.96. The number of fused-ring (bicyclic) bond motifs is 1. The third-order valence-corrected chi connectivity index (χ3v) is 3.23. The second-order valence-electron chi connectivity index (χ2n) is 4.47. The van der Waals surface area contributed by atoms with E-state index < -0.39 is 6.10 Å². The molecule has 3 rings (SSSR count). The van der Waals surface area contributed by atoms with Gasteiger partial charge in [0, 0.05) is 13.5 Å². The maximum Gasteiger partial charge on any atom is 0.167 e. The molecule has 2 aromatic heterocycles. The zero-order chi connectivity index (χ0) is 13.4. The number of imidazole rings is 1. The van der Waals surface area contributed by atoms with Gasteiger partial charge in [-0.1, -0.05) is 0 Å². The Morgan fingerprint density at radius 3 is 3.16 bits per heavy atom. The zero-order valence-electron chi connectivity index (χ0n) is 10.4. The van der Waals surface area contributed by atoms with Crippen LogP contribution in [0.2, 0.25) is 0 Å². The van der Waals surface area contributed by atoms with E-state index in [0.717, 1.165) is 0 Å². The number of hydrogen-bond donors (Lipinski definition) is 2. The Kier molecular flexibility index (Phi) is 3.05. The van der Waals surface area contributed by atoms with Gasteiger partial charge in [0.05, 0.1) is 19.0 Å². The Hall–Kier alpha value is -1.77. The van der Waals surface area contributed by atoms with E-state index in [1.54, 1.807) is 18.0 Å². The van der Waals surface area contributed by atoms with Crippen LogP contribution in [-0.4, -0.2) is 50.6 Å². The molecule has 0 aromatic carbocycles. The number of nitrogens with zero attached hydrogens (tertiary/aromatic N) is 4. The van der Waals surface area contributed by atoms with Crippen LogP contribution in [0.4, 0.5) is 5.82 Å². The molecule has 1 aliphatic heterocycles. The van der Waals surface area contributed by atoms with Crippen LogP contribution < -0.4 is 5.73 Å². The number of nitrogens with two attached hydrogens (primary N) is 1. The quantitative estimate of drug-likeness (QED) is 0.784. The Morgan fingerprint density at radius 2 is 2.37 bits per heavy atom.